The van der Waals surface area contributed by atoms with Crippen LogP contribution in [0.5, 0.6) is 0 Å². The van der Waals surface area contributed by atoms with E-state index in [0.717, 1.165) is 0 Å². The molecule has 19 heavy (non-hydrogen) atoms. The van der Waals surface area contributed by atoms with Crippen molar-refractivity contribution < 1.29 is 27.9 Å². The Kier molecular flexibility index (Phi) is 4.81. The summed E-state index contributed by atoms with van der Waals surface area (Å²) >= 11 is 0. The van der Waals surface area contributed by atoms with E-state index in [1.807, 2.05) is 6.92 Å². The summed E-state index contributed by atoms with van der Waals surface area (Å²) < 4.78 is 37.1. The van der Waals surface area contributed by atoms with E-state index >= 15 is 0 Å². The van der Waals surface area contributed by atoms with Gasteiger partial charge in [0.2, 0.25) is 5.91 Å². The van der Waals surface area contributed by atoms with E-state index in [-0.39, 0.29) is 12.5 Å². The van der Waals surface area contributed by atoms with Crippen LogP contribution in [-0.4, -0.2) is 41.1 Å². The van der Waals surface area contributed by atoms with Gasteiger partial charge < -0.3 is 10.0 Å². The Hall–Kier alpha value is -1.27. The lowest BCUT2D eigenvalue weighted by atomic mass is 9.94. The molecule has 7 heteroatoms. The zero-order valence-corrected chi connectivity index (χ0v) is 10.9. The highest BCUT2D eigenvalue weighted by atomic mass is 19.4. The summed E-state index contributed by atoms with van der Waals surface area (Å²) in [5.74, 6) is -3.47. The van der Waals surface area contributed by atoms with E-state index in [2.05, 4.69) is 0 Å². The van der Waals surface area contributed by atoms with Crippen LogP contribution in [0.4, 0.5) is 13.2 Å². The molecule has 0 aromatic heterocycles. The number of alkyl halides is 3. The molecule has 1 saturated carbocycles. The molecule has 0 aliphatic heterocycles. The average Bonchev–Trinajstić information content (AvgIpc) is 2.66. The smallest absolute Gasteiger partial charge is 0.406 e. The van der Waals surface area contributed by atoms with Crippen molar-refractivity contribution in [2.75, 3.05) is 13.1 Å². The second-order valence-corrected chi connectivity index (χ2v) is 5.10. The summed E-state index contributed by atoms with van der Waals surface area (Å²) in [5.41, 5.74) is 0. The zero-order chi connectivity index (χ0) is 14.8. The van der Waals surface area contributed by atoms with E-state index in [1.165, 1.54) is 6.92 Å². The molecule has 0 spiro atoms. The maximum Gasteiger partial charge on any atom is 0.406 e. The van der Waals surface area contributed by atoms with Crippen molar-refractivity contribution in [2.45, 2.75) is 32.9 Å². The molecule has 1 unspecified atom stereocenters. The first-order chi connectivity index (χ1) is 8.65. The molecule has 1 N–H and O–H groups in total. The Bertz CT molecular complexity index is 357. The van der Waals surface area contributed by atoms with Gasteiger partial charge in [-0.3, -0.25) is 9.59 Å². The number of halogens is 3. The van der Waals surface area contributed by atoms with Gasteiger partial charge in [-0.05, 0) is 25.7 Å². The fourth-order valence-electron chi connectivity index (χ4n) is 2.63. The quantitative estimate of drug-likeness (QED) is 0.859. The highest BCUT2D eigenvalue weighted by molar-refractivity contribution is 5.85. The Morgan fingerprint density at radius 2 is 1.79 bits per heavy atom. The fraction of sp³-hybridized carbons (Fsp3) is 0.833. The number of nitrogens with zero attached hydrogens (tertiary/aromatic N) is 1. The number of amides is 1. The number of hydrogen-bond donors (Lipinski definition) is 1. The molecule has 0 saturated heterocycles. The SMILES string of the molecule is CCN(CC(F)(F)F)C(=O)[C@H]1CC(C)C[C@H]1C(=O)O. The molecule has 1 aliphatic carbocycles. The third-order valence-electron chi connectivity index (χ3n) is 3.50. The second-order valence-electron chi connectivity index (χ2n) is 5.10. The lowest BCUT2D eigenvalue weighted by Crippen LogP contribution is -2.43. The van der Waals surface area contributed by atoms with Gasteiger partial charge in [-0.1, -0.05) is 6.92 Å². The van der Waals surface area contributed by atoms with Crippen LogP contribution in [0, 0.1) is 17.8 Å². The van der Waals surface area contributed by atoms with Crippen molar-refractivity contribution in [3.63, 3.8) is 0 Å². The van der Waals surface area contributed by atoms with Gasteiger partial charge in [-0.2, -0.15) is 13.2 Å². The Morgan fingerprint density at radius 3 is 2.21 bits per heavy atom. The van der Waals surface area contributed by atoms with Crippen molar-refractivity contribution in [1.29, 1.82) is 0 Å². The number of carboxylic acids is 1. The van der Waals surface area contributed by atoms with Crippen LogP contribution in [0.2, 0.25) is 0 Å². The van der Waals surface area contributed by atoms with Gasteiger partial charge >= 0.3 is 12.1 Å². The normalized spacial score (nSPS) is 27.3. The minimum absolute atomic E-state index is 0.0413. The third-order valence-corrected chi connectivity index (χ3v) is 3.50. The van der Waals surface area contributed by atoms with E-state index < -0.39 is 36.4 Å². The largest absolute Gasteiger partial charge is 0.481 e. The lowest BCUT2D eigenvalue weighted by molar-refractivity contribution is -0.165. The number of carboxylic acid groups (broad SMARTS) is 1. The number of carbonyl (C=O) groups is 2. The molecule has 110 valence electrons. The van der Waals surface area contributed by atoms with Crippen LogP contribution in [0.1, 0.15) is 26.7 Å². The summed E-state index contributed by atoms with van der Waals surface area (Å²) in [6, 6.07) is 0. The molecule has 0 aromatic carbocycles. The highest BCUT2D eigenvalue weighted by Gasteiger charge is 2.44. The maximum absolute atomic E-state index is 12.4. The molecular weight excluding hydrogens is 263 g/mol. The monoisotopic (exact) mass is 281 g/mol. The van der Waals surface area contributed by atoms with Crippen molar-refractivity contribution in [3.05, 3.63) is 0 Å². The van der Waals surface area contributed by atoms with Crippen LogP contribution >= 0.6 is 0 Å². The molecular formula is C12H18F3NO3. The van der Waals surface area contributed by atoms with Gasteiger partial charge in [-0.25, -0.2) is 0 Å². The van der Waals surface area contributed by atoms with Gasteiger partial charge in [0.05, 0.1) is 11.8 Å². The molecule has 1 aliphatic rings. The predicted octanol–water partition coefficient (Wildman–Crippen LogP) is 2.14. The van der Waals surface area contributed by atoms with Gasteiger partial charge in [0.25, 0.3) is 0 Å². The topological polar surface area (TPSA) is 57.6 Å². The van der Waals surface area contributed by atoms with Crippen LogP contribution < -0.4 is 0 Å². The molecule has 1 amide bonds. The standard InChI is InChI=1S/C12H18F3NO3/c1-3-16(6-12(13,14)15)10(17)8-4-7(2)5-9(8)11(18)19/h7-9H,3-6H2,1-2H3,(H,18,19)/t7?,8-,9+/m0/s1. The first-order valence-electron chi connectivity index (χ1n) is 6.24. The Morgan fingerprint density at radius 1 is 1.26 bits per heavy atom. The van der Waals surface area contributed by atoms with Crippen molar-refractivity contribution in [3.8, 4) is 0 Å². The summed E-state index contributed by atoms with van der Waals surface area (Å²) in [6.07, 6.45) is -3.78. The van der Waals surface area contributed by atoms with E-state index in [0.29, 0.717) is 17.7 Å². The highest BCUT2D eigenvalue weighted by Crippen LogP contribution is 2.37. The van der Waals surface area contributed by atoms with Crippen LogP contribution in [0.15, 0.2) is 0 Å². The minimum atomic E-state index is -4.46. The predicted molar refractivity (Wildman–Crippen MR) is 61.3 cm³/mol. The van der Waals surface area contributed by atoms with Crippen LogP contribution in [0.25, 0.3) is 0 Å². The number of carbonyl (C=O) groups excluding carboxylic acids is 1. The molecule has 0 bridgehead atoms. The number of aliphatic carboxylic acids is 1. The second kappa shape index (κ2) is 5.79. The summed E-state index contributed by atoms with van der Waals surface area (Å²) in [7, 11) is 0. The molecule has 0 aromatic rings. The molecule has 4 nitrogen and oxygen atoms in total. The van der Waals surface area contributed by atoms with E-state index in [1.54, 1.807) is 0 Å². The average molecular weight is 281 g/mol. The summed E-state index contributed by atoms with van der Waals surface area (Å²) in [5, 5.41) is 9.04. The van der Waals surface area contributed by atoms with Crippen molar-refractivity contribution in [1.82, 2.24) is 4.90 Å². The molecule has 1 rings (SSSR count). The van der Waals surface area contributed by atoms with Gasteiger partial charge in [0.15, 0.2) is 0 Å². The zero-order valence-electron chi connectivity index (χ0n) is 10.9. The first kappa shape index (κ1) is 15.8. The fourth-order valence-corrected chi connectivity index (χ4v) is 2.63. The Balaban J connectivity index is 2.81. The molecule has 0 radical (unpaired) electrons. The molecule has 0 heterocycles. The van der Waals surface area contributed by atoms with Gasteiger partial charge in [0, 0.05) is 6.54 Å². The molecule has 3 atom stereocenters. The number of rotatable bonds is 4. The van der Waals surface area contributed by atoms with E-state index in [4.69, 9.17) is 5.11 Å². The first-order valence-corrected chi connectivity index (χ1v) is 6.24. The molecule has 1 fully saturated rings. The van der Waals surface area contributed by atoms with E-state index in [9.17, 15) is 22.8 Å². The number of hydrogen-bond acceptors (Lipinski definition) is 2. The van der Waals surface area contributed by atoms with Crippen molar-refractivity contribution in [2.24, 2.45) is 17.8 Å². The Labute approximate surface area is 109 Å². The lowest BCUT2D eigenvalue weighted by Gasteiger charge is -2.26. The van der Waals surface area contributed by atoms with Crippen molar-refractivity contribution >= 4 is 11.9 Å². The van der Waals surface area contributed by atoms with Crippen LogP contribution in [0.3, 0.4) is 0 Å². The third kappa shape index (κ3) is 4.11. The minimum Gasteiger partial charge on any atom is -0.481 e. The van der Waals surface area contributed by atoms with Gasteiger partial charge in [0.1, 0.15) is 6.54 Å². The van der Waals surface area contributed by atoms with Crippen LogP contribution in [-0.2, 0) is 9.59 Å². The summed E-state index contributed by atoms with van der Waals surface area (Å²) in [4.78, 5) is 23.8. The summed E-state index contributed by atoms with van der Waals surface area (Å²) in [6.45, 7) is 1.87. The maximum atomic E-state index is 12.4. The van der Waals surface area contributed by atoms with Gasteiger partial charge in [-0.15, -0.1) is 0 Å².